The average Bonchev–Trinajstić information content (AvgIpc) is 3.20. The van der Waals surface area contributed by atoms with Gasteiger partial charge in [-0.2, -0.15) is 10.5 Å². The Balaban J connectivity index is 1.88. The minimum atomic E-state index is -0.0124. The first-order valence-electron chi connectivity index (χ1n) is 10.1. The van der Waals surface area contributed by atoms with Crippen LogP contribution in [0, 0.1) is 22.7 Å². The number of aromatic amines is 1. The summed E-state index contributed by atoms with van der Waals surface area (Å²) in [5.74, 6) is -0.0124. The van der Waals surface area contributed by atoms with Crippen molar-refractivity contribution in [2.75, 3.05) is 6.54 Å². The summed E-state index contributed by atoms with van der Waals surface area (Å²) in [6, 6.07) is 19.1. The van der Waals surface area contributed by atoms with Gasteiger partial charge in [0.1, 0.15) is 0 Å². The van der Waals surface area contributed by atoms with Crippen LogP contribution in [0.25, 0.3) is 0 Å². The van der Waals surface area contributed by atoms with Crippen LogP contribution in [0.5, 0.6) is 0 Å². The second kappa shape index (κ2) is 9.58. The maximum atomic E-state index is 13.5. The van der Waals surface area contributed by atoms with Gasteiger partial charge in [-0.05, 0) is 60.7 Å². The molecule has 0 aliphatic carbocycles. The zero-order valence-electron chi connectivity index (χ0n) is 17.3. The Morgan fingerprint density at radius 2 is 1.73 bits per heavy atom. The summed E-state index contributed by atoms with van der Waals surface area (Å²) in [7, 11) is 0. The van der Waals surface area contributed by atoms with E-state index in [1.54, 1.807) is 23.1 Å². The zero-order chi connectivity index (χ0) is 21.5. The molecule has 2 aromatic carbocycles. The number of aromatic nitrogens is 1. The molecule has 5 nitrogen and oxygen atoms in total. The zero-order valence-corrected chi connectivity index (χ0v) is 17.3. The van der Waals surface area contributed by atoms with E-state index in [2.05, 4.69) is 17.1 Å². The normalized spacial score (nSPS) is 10.3. The summed E-state index contributed by atoms with van der Waals surface area (Å²) in [5.41, 5.74) is 5.79. The molecule has 0 aliphatic heterocycles. The van der Waals surface area contributed by atoms with Crippen molar-refractivity contribution in [2.24, 2.45) is 0 Å². The third-order valence-corrected chi connectivity index (χ3v) is 5.19. The minimum absolute atomic E-state index is 0.0124. The van der Waals surface area contributed by atoms with Gasteiger partial charge < -0.3 is 9.88 Å². The van der Waals surface area contributed by atoms with Crippen LogP contribution >= 0.6 is 0 Å². The Morgan fingerprint density at radius 3 is 2.37 bits per heavy atom. The van der Waals surface area contributed by atoms with Crippen molar-refractivity contribution in [3.63, 3.8) is 0 Å². The first kappa shape index (κ1) is 20.9. The molecule has 0 spiro atoms. The molecule has 0 radical (unpaired) electrons. The molecule has 1 amide bonds. The van der Waals surface area contributed by atoms with E-state index in [1.807, 2.05) is 50.4 Å². The number of nitrogens with zero attached hydrogens (tertiary/aromatic N) is 3. The Kier molecular flexibility index (Phi) is 6.67. The smallest absolute Gasteiger partial charge is 0.256 e. The van der Waals surface area contributed by atoms with Crippen molar-refractivity contribution < 1.29 is 4.79 Å². The van der Waals surface area contributed by atoms with Crippen molar-refractivity contribution in [1.82, 2.24) is 9.88 Å². The van der Waals surface area contributed by atoms with Gasteiger partial charge in [0, 0.05) is 25.0 Å². The number of hydrogen-bond acceptors (Lipinski definition) is 3. The third kappa shape index (κ3) is 4.59. The Hall–Kier alpha value is -3.83. The molecule has 1 heterocycles. The predicted octanol–water partition coefficient (Wildman–Crippen LogP) is 4.57. The topological polar surface area (TPSA) is 83.7 Å². The van der Waals surface area contributed by atoms with Crippen LogP contribution < -0.4 is 0 Å². The van der Waals surface area contributed by atoms with E-state index in [9.17, 15) is 4.79 Å². The summed E-state index contributed by atoms with van der Waals surface area (Å²) < 4.78 is 0. The van der Waals surface area contributed by atoms with Crippen LogP contribution in [0.4, 0.5) is 0 Å². The number of H-pyrrole nitrogens is 1. The van der Waals surface area contributed by atoms with Crippen LogP contribution in [0.2, 0.25) is 0 Å². The van der Waals surface area contributed by atoms with E-state index in [1.165, 1.54) is 0 Å². The fourth-order valence-electron chi connectivity index (χ4n) is 3.56. The fraction of sp³-hybridized carbons (Fsp3) is 0.240. The molecule has 0 atom stereocenters. The SMILES string of the molecule is CCc1[nH]cc(Cc2ccc(C#N)cc2)c1C(=O)N(CC)Cc1cccc(C#N)c1. The number of benzene rings is 2. The summed E-state index contributed by atoms with van der Waals surface area (Å²) in [6.45, 7) is 5.02. The van der Waals surface area contributed by atoms with E-state index in [4.69, 9.17) is 10.5 Å². The standard InChI is InChI=1S/C25H24N4O/c1-3-23-24(22(16-28-23)13-18-8-10-19(14-26)11-9-18)25(30)29(4-2)17-21-7-5-6-20(12-21)15-27/h5-12,16,28H,3-4,13,17H2,1-2H3. The van der Waals surface area contributed by atoms with E-state index in [0.717, 1.165) is 34.4 Å². The molecule has 150 valence electrons. The number of hydrogen-bond donors (Lipinski definition) is 1. The molecule has 5 heteroatoms. The largest absolute Gasteiger partial charge is 0.364 e. The van der Waals surface area contributed by atoms with E-state index in [0.29, 0.717) is 30.6 Å². The first-order chi connectivity index (χ1) is 14.6. The average molecular weight is 396 g/mol. The molecule has 30 heavy (non-hydrogen) atoms. The minimum Gasteiger partial charge on any atom is -0.364 e. The molecule has 1 aromatic heterocycles. The van der Waals surface area contributed by atoms with Gasteiger partial charge in [0.2, 0.25) is 0 Å². The van der Waals surface area contributed by atoms with Crippen molar-refractivity contribution in [1.29, 1.82) is 10.5 Å². The number of nitrogens with one attached hydrogen (secondary N) is 1. The lowest BCUT2D eigenvalue weighted by Crippen LogP contribution is -2.31. The Labute approximate surface area is 177 Å². The molecule has 1 N–H and O–H groups in total. The number of amides is 1. The van der Waals surface area contributed by atoms with Crippen LogP contribution in [0.15, 0.2) is 54.7 Å². The predicted molar refractivity (Wildman–Crippen MR) is 116 cm³/mol. The second-order valence-electron chi connectivity index (χ2n) is 7.14. The van der Waals surface area contributed by atoms with Crippen molar-refractivity contribution in [3.8, 4) is 12.1 Å². The van der Waals surface area contributed by atoms with E-state index >= 15 is 0 Å². The van der Waals surface area contributed by atoms with Gasteiger partial charge in [0.25, 0.3) is 5.91 Å². The molecule has 0 unspecified atom stereocenters. The summed E-state index contributed by atoms with van der Waals surface area (Å²) >= 11 is 0. The van der Waals surface area contributed by atoms with Gasteiger partial charge in [-0.1, -0.05) is 31.2 Å². The summed E-state index contributed by atoms with van der Waals surface area (Å²) in [4.78, 5) is 18.6. The number of nitriles is 2. The number of carbonyl (C=O) groups is 1. The number of rotatable bonds is 7. The molecular weight excluding hydrogens is 372 g/mol. The molecule has 0 aliphatic rings. The molecule has 0 bridgehead atoms. The molecule has 3 aromatic rings. The highest BCUT2D eigenvalue weighted by atomic mass is 16.2. The van der Waals surface area contributed by atoms with E-state index < -0.39 is 0 Å². The monoisotopic (exact) mass is 396 g/mol. The highest BCUT2D eigenvalue weighted by Gasteiger charge is 2.23. The van der Waals surface area contributed by atoms with Crippen LogP contribution in [0.3, 0.4) is 0 Å². The van der Waals surface area contributed by atoms with Gasteiger partial charge in [-0.25, -0.2) is 0 Å². The maximum Gasteiger partial charge on any atom is 0.256 e. The van der Waals surface area contributed by atoms with Crippen molar-refractivity contribution in [2.45, 2.75) is 33.2 Å². The first-order valence-corrected chi connectivity index (χ1v) is 10.1. The van der Waals surface area contributed by atoms with Gasteiger partial charge in [0.05, 0.1) is 28.8 Å². The highest BCUT2D eigenvalue weighted by molar-refractivity contribution is 5.97. The lowest BCUT2D eigenvalue weighted by Gasteiger charge is -2.22. The number of aryl methyl sites for hydroxylation is 1. The van der Waals surface area contributed by atoms with Crippen LogP contribution in [-0.4, -0.2) is 22.3 Å². The van der Waals surface area contributed by atoms with Crippen LogP contribution in [-0.2, 0) is 19.4 Å². The Bertz CT molecular complexity index is 1110. The van der Waals surface area contributed by atoms with Crippen molar-refractivity contribution >= 4 is 5.91 Å². The quantitative estimate of drug-likeness (QED) is 0.635. The molecule has 0 saturated heterocycles. The second-order valence-corrected chi connectivity index (χ2v) is 7.14. The summed E-state index contributed by atoms with van der Waals surface area (Å²) in [5, 5.41) is 18.1. The lowest BCUT2D eigenvalue weighted by molar-refractivity contribution is 0.0750. The van der Waals surface area contributed by atoms with Gasteiger partial charge in [0.15, 0.2) is 0 Å². The lowest BCUT2D eigenvalue weighted by atomic mass is 9.99. The highest BCUT2D eigenvalue weighted by Crippen LogP contribution is 2.22. The fourth-order valence-corrected chi connectivity index (χ4v) is 3.56. The van der Waals surface area contributed by atoms with Gasteiger partial charge in [-0.15, -0.1) is 0 Å². The van der Waals surface area contributed by atoms with Crippen LogP contribution in [0.1, 0.15) is 57.7 Å². The van der Waals surface area contributed by atoms with Gasteiger partial charge in [-0.3, -0.25) is 4.79 Å². The molecule has 3 rings (SSSR count). The summed E-state index contributed by atoms with van der Waals surface area (Å²) in [6.07, 6.45) is 3.26. The van der Waals surface area contributed by atoms with E-state index in [-0.39, 0.29) is 5.91 Å². The van der Waals surface area contributed by atoms with Crippen molar-refractivity contribution in [3.05, 3.63) is 93.8 Å². The maximum absolute atomic E-state index is 13.5. The number of carbonyl (C=O) groups excluding carboxylic acids is 1. The van der Waals surface area contributed by atoms with Gasteiger partial charge >= 0.3 is 0 Å². The molecule has 0 saturated carbocycles. The third-order valence-electron chi connectivity index (χ3n) is 5.19. The molecular formula is C25H24N4O. The molecule has 0 fully saturated rings. The Morgan fingerprint density at radius 1 is 1.00 bits per heavy atom.